The molecule has 0 aliphatic carbocycles. The minimum Gasteiger partial charge on any atom is -0.382 e. The SMILES string of the molecule is COCCOCCOC1(C)OC1C. The maximum Gasteiger partial charge on any atom is 0.192 e. The highest BCUT2D eigenvalue weighted by Gasteiger charge is 2.50. The maximum absolute atomic E-state index is 5.44. The molecule has 4 nitrogen and oxygen atoms in total. The van der Waals surface area contributed by atoms with Gasteiger partial charge in [0.2, 0.25) is 0 Å². The largest absolute Gasteiger partial charge is 0.382 e. The Hall–Kier alpha value is -0.160. The summed E-state index contributed by atoms with van der Waals surface area (Å²) in [6, 6.07) is 0. The van der Waals surface area contributed by atoms with Gasteiger partial charge in [-0.25, -0.2) is 0 Å². The highest BCUT2D eigenvalue weighted by Crippen LogP contribution is 2.36. The topological polar surface area (TPSA) is 40.2 Å². The molecule has 2 unspecified atom stereocenters. The molecule has 0 aromatic rings. The summed E-state index contributed by atoms with van der Waals surface area (Å²) in [6.07, 6.45) is 0.214. The number of hydrogen-bond donors (Lipinski definition) is 0. The Morgan fingerprint density at radius 2 is 1.85 bits per heavy atom. The predicted molar refractivity (Wildman–Crippen MR) is 47.6 cm³/mol. The van der Waals surface area contributed by atoms with E-state index in [1.165, 1.54) is 0 Å². The molecule has 0 spiro atoms. The zero-order valence-electron chi connectivity index (χ0n) is 8.54. The van der Waals surface area contributed by atoms with E-state index in [4.69, 9.17) is 18.9 Å². The van der Waals surface area contributed by atoms with E-state index in [1.54, 1.807) is 7.11 Å². The van der Waals surface area contributed by atoms with Gasteiger partial charge in [0.25, 0.3) is 0 Å². The molecule has 1 aliphatic heterocycles. The van der Waals surface area contributed by atoms with Crippen LogP contribution in [0.15, 0.2) is 0 Å². The van der Waals surface area contributed by atoms with E-state index in [9.17, 15) is 0 Å². The number of rotatable bonds is 7. The van der Waals surface area contributed by atoms with Gasteiger partial charge in [-0.15, -0.1) is 0 Å². The predicted octanol–water partition coefficient (Wildman–Crippen LogP) is 0.801. The Morgan fingerprint density at radius 3 is 2.38 bits per heavy atom. The van der Waals surface area contributed by atoms with Crippen LogP contribution in [-0.2, 0) is 18.9 Å². The van der Waals surface area contributed by atoms with Crippen molar-refractivity contribution in [3.05, 3.63) is 0 Å². The quantitative estimate of drug-likeness (QED) is 0.440. The fourth-order valence-corrected chi connectivity index (χ4v) is 1.02. The third-order valence-corrected chi connectivity index (χ3v) is 2.14. The van der Waals surface area contributed by atoms with Crippen LogP contribution in [0.4, 0.5) is 0 Å². The first-order valence-corrected chi connectivity index (χ1v) is 4.57. The van der Waals surface area contributed by atoms with E-state index in [-0.39, 0.29) is 11.9 Å². The highest BCUT2D eigenvalue weighted by molar-refractivity contribution is 4.86. The van der Waals surface area contributed by atoms with Crippen LogP contribution in [-0.4, -0.2) is 45.4 Å². The van der Waals surface area contributed by atoms with E-state index in [0.29, 0.717) is 26.4 Å². The maximum atomic E-state index is 5.44. The lowest BCUT2D eigenvalue weighted by Gasteiger charge is -2.08. The summed E-state index contributed by atoms with van der Waals surface area (Å²) in [6.45, 7) is 6.34. The molecule has 1 aliphatic rings. The lowest BCUT2D eigenvalue weighted by Crippen LogP contribution is -2.18. The molecule has 1 fully saturated rings. The lowest BCUT2D eigenvalue weighted by atomic mass is 10.3. The van der Waals surface area contributed by atoms with Crippen LogP contribution in [0.1, 0.15) is 13.8 Å². The van der Waals surface area contributed by atoms with Gasteiger partial charge in [0.1, 0.15) is 6.10 Å². The van der Waals surface area contributed by atoms with E-state index in [1.807, 2.05) is 13.8 Å². The number of ether oxygens (including phenoxy) is 4. The van der Waals surface area contributed by atoms with Crippen LogP contribution >= 0.6 is 0 Å². The van der Waals surface area contributed by atoms with E-state index in [0.717, 1.165) is 0 Å². The van der Waals surface area contributed by atoms with Crippen molar-refractivity contribution in [2.45, 2.75) is 25.7 Å². The monoisotopic (exact) mass is 190 g/mol. The van der Waals surface area contributed by atoms with Gasteiger partial charge >= 0.3 is 0 Å². The summed E-state index contributed by atoms with van der Waals surface area (Å²) in [5.74, 6) is -0.357. The zero-order chi connectivity index (χ0) is 9.73. The smallest absolute Gasteiger partial charge is 0.192 e. The molecule has 78 valence electrons. The minimum atomic E-state index is -0.357. The first kappa shape index (κ1) is 10.9. The first-order valence-electron chi connectivity index (χ1n) is 4.57. The molecule has 1 saturated heterocycles. The average Bonchev–Trinajstić information content (AvgIpc) is 2.68. The molecule has 0 bridgehead atoms. The standard InChI is InChI=1S/C9H18O4/c1-8-9(2,13-8)12-7-6-11-5-4-10-3/h8H,4-7H2,1-3H3. The second-order valence-electron chi connectivity index (χ2n) is 3.23. The Labute approximate surface area is 79.1 Å². The summed E-state index contributed by atoms with van der Waals surface area (Å²) in [4.78, 5) is 0. The van der Waals surface area contributed by atoms with Gasteiger partial charge in [-0.3, -0.25) is 0 Å². The molecule has 4 heteroatoms. The van der Waals surface area contributed by atoms with Gasteiger partial charge < -0.3 is 18.9 Å². The molecule has 1 rings (SSSR count). The highest BCUT2D eigenvalue weighted by atomic mass is 16.8. The van der Waals surface area contributed by atoms with Crippen LogP contribution in [0.5, 0.6) is 0 Å². The van der Waals surface area contributed by atoms with Crippen LogP contribution < -0.4 is 0 Å². The Kier molecular flexibility index (Phi) is 4.12. The Balaban J connectivity index is 1.85. The molecule has 0 amide bonds. The third kappa shape index (κ3) is 3.60. The summed E-state index contributed by atoms with van der Waals surface area (Å²) < 4.78 is 20.7. The van der Waals surface area contributed by atoms with Crippen LogP contribution in [0.3, 0.4) is 0 Å². The fraction of sp³-hybridized carbons (Fsp3) is 1.00. The van der Waals surface area contributed by atoms with Gasteiger partial charge in [-0.2, -0.15) is 0 Å². The normalized spacial score (nSPS) is 32.1. The van der Waals surface area contributed by atoms with Crippen molar-refractivity contribution >= 4 is 0 Å². The van der Waals surface area contributed by atoms with Gasteiger partial charge in [0.15, 0.2) is 5.79 Å². The van der Waals surface area contributed by atoms with Gasteiger partial charge in [0.05, 0.1) is 26.4 Å². The second kappa shape index (κ2) is 4.91. The fourth-order valence-electron chi connectivity index (χ4n) is 1.02. The third-order valence-electron chi connectivity index (χ3n) is 2.14. The van der Waals surface area contributed by atoms with Crippen LogP contribution in [0.25, 0.3) is 0 Å². The Bertz CT molecular complexity index is 151. The Morgan fingerprint density at radius 1 is 1.23 bits per heavy atom. The van der Waals surface area contributed by atoms with Crippen molar-refractivity contribution in [1.82, 2.24) is 0 Å². The number of epoxide rings is 1. The summed E-state index contributed by atoms with van der Waals surface area (Å²) in [5, 5.41) is 0. The molecule has 1 heterocycles. The van der Waals surface area contributed by atoms with Crippen molar-refractivity contribution in [2.75, 3.05) is 33.5 Å². The van der Waals surface area contributed by atoms with Gasteiger partial charge in [0, 0.05) is 7.11 Å². The number of methoxy groups -OCH3 is 1. The average molecular weight is 190 g/mol. The molecular formula is C9H18O4. The lowest BCUT2D eigenvalue weighted by molar-refractivity contribution is -0.0578. The van der Waals surface area contributed by atoms with Gasteiger partial charge in [-0.1, -0.05) is 0 Å². The first-order chi connectivity index (χ1) is 6.19. The minimum absolute atomic E-state index is 0.214. The van der Waals surface area contributed by atoms with E-state index in [2.05, 4.69) is 0 Å². The summed E-state index contributed by atoms with van der Waals surface area (Å²) in [7, 11) is 1.65. The molecule has 0 aromatic heterocycles. The summed E-state index contributed by atoms with van der Waals surface area (Å²) >= 11 is 0. The molecule has 13 heavy (non-hydrogen) atoms. The van der Waals surface area contributed by atoms with Crippen molar-refractivity contribution in [3.8, 4) is 0 Å². The molecule has 0 aromatic carbocycles. The van der Waals surface area contributed by atoms with Crippen molar-refractivity contribution in [2.24, 2.45) is 0 Å². The van der Waals surface area contributed by atoms with E-state index >= 15 is 0 Å². The molecule has 0 saturated carbocycles. The van der Waals surface area contributed by atoms with Gasteiger partial charge in [-0.05, 0) is 13.8 Å². The molecular weight excluding hydrogens is 172 g/mol. The molecule has 0 N–H and O–H groups in total. The van der Waals surface area contributed by atoms with Crippen molar-refractivity contribution in [1.29, 1.82) is 0 Å². The zero-order valence-corrected chi connectivity index (χ0v) is 8.54. The summed E-state index contributed by atoms with van der Waals surface area (Å²) in [5.41, 5.74) is 0. The van der Waals surface area contributed by atoms with Crippen molar-refractivity contribution < 1.29 is 18.9 Å². The van der Waals surface area contributed by atoms with Crippen LogP contribution in [0, 0.1) is 0 Å². The molecule has 0 radical (unpaired) electrons. The van der Waals surface area contributed by atoms with E-state index < -0.39 is 0 Å². The van der Waals surface area contributed by atoms with Crippen LogP contribution in [0.2, 0.25) is 0 Å². The second-order valence-corrected chi connectivity index (χ2v) is 3.23. The number of hydrogen-bond acceptors (Lipinski definition) is 4. The molecule has 2 atom stereocenters. The van der Waals surface area contributed by atoms with Crippen molar-refractivity contribution in [3.63, 3.8) is 0 Å².